The molecule has 1 aliphatic heterocycles. The standard InChI is InChI=1S/C10H17NO/c1-5-12-9-6-8(2)10(3,4)7-11-9/h6H,5,7H2,1-4H3. The largest absolute Gasteiger partial charge is 0.478 e. The van der Waals surface area contributed by atoms with E-state index in [9.17, 15) is 0 Å². The zero-order valence-electron chi connectivity index (χ0n) is 8.35. The third kappa shape index (κ3) is 1.87. The van der Waals surface area contributed by atoms with E-state index < -0.39 is 0 Å². The minimum Gasteiger partial charge on any atom is -0.478 e. The molecule has 2 heteroatoms. The van der Waals surface area contributed by atoms with Gasteiger partial charge in [-0.1, -0.05) is 19.4 Å². The Morgan fingerprint density at radius 3 is 2.75 bits per heavy atom. The van der Waals surface area contributed by atoms with Gasteiger partial charge in [-0.15, -0.1) is 0 Å². The van der Waals surface area contributed by atoms with Gasteiger partial charge in [0.15, 0.2) is 0 Å². The molecule has 1 aliphatic rings. The molecule has 0 unspecified atom stereocenters. The average Bonchev–Trinajstić information content (AvgIpc) is 1.98. The van der Waals surface area contributed by atoms with Gasteiger partial charge in [0.05, 0.1) is 13.2 Å². The van der Waals surface area contributed by atoms with E-state index in [0.717, 1.165) is 12.4 Å². The summed E-state index contributed by atoms with van der Waals surface area (Å²) in [5, 5.41) is 0. The van der Waals surface area contributed by atoms with Crippen LogP contribution in [0.3, 0.4) is 0 Å². The number of rotatable bonds is 1. The topological polar surface area (TPSA) is 21.6 Å². The van der Waals surface area contributed by atoms with Crippen LogP contribution in [0.2, 0.25) is 0 Å². The molecule has 0 saturated carbocycles. The number of dihydropyridines is 1. The van der Waals surface area contributed by atoms with Crippen LogP contribution < -0.4 is 0 Å². The van der Waals surface area contributed by atoms with Crippen LogP contribution in [-0.4, -0.2) is 19.0 Å². The number of hydrogen-bond donors (Lipinski definition) is 0. The monoisotopic (exact) mass is 167 g/mol. The maximum atomic E-state index is 5.32. The first-order valence-corrected chi connectivity index (χ1v) is 4.42. The molecule has 0 atom stereocenters. The van der Waals surface area contributed by atoms with Crippen LogP contribution in [0.25, 0.3) is 0 Å². The van der Waals surface area contributed by atoms with Crippen molar-refractivity contribution in [3.63, 3.8) is 0 Å². The SMILES string of the molecule is CCOC1=NCC(C)(C)C(C)=C1. The van der Waals surface area contributed by atoms with E-state index in [2.05, 4.69) is 25.8 Å². The van der Waals surface area contributed by atoms with Gasteiger partial charge in [0.1, 0.15) is 0 Å². The summed E-state index contributed by atoms with van der Waals surface area (Å²) in [5.74, 6) is 0.786. The van der Waals surface area contributed by atoms with Crippen LogP contribution in [-0.2, 0) is 4.74 Å². The van der Waals surface area contributed by atoms with Gasteiger partial charge in [-0.25, -0.2) is 0 Å². The van der Waals surface area contributed by atoms with Crippen LogP contribution in [0, 0.1) is 5.41 Å². The summed E-state index contributed by atoms with van der Waals surface area (Å²) in [6.07, 6.45) is 2.03. The molecular formula is C10H17NO. The highest BCUT2D eigenvalue weighted by molar-refractivity contribution is 5.89. The van der Waals surface area contributed by atoms with Gasteiger partial charge in [-0.05, 0) is 19.9 Å². The first-order valence-electron chi connectivity index (χ1n) is 4.42. The molecule has 1 rings (SSSR count). The van der Waals surface area contributed by atoms with Crippen LogP contribution in [0.1, 0.15) is 27.7 Å². The minimum absolute atomic E-state index is 0.209. The van der Waals surface area contributed by atoms with E-state index >= 15 is 0 Å². The van der Waals surface area contributed by atoms with Crippen molar-refractivity contribution in [2.24, 2.45) is 10.4 Å². The molecule has 0 N–H and O–H groups in total. The Bertz CT molecular complexity index is 226. The van der Waals surface area contributed by atoms with E-state index in [4.69, 9.17) is 4.74 Å². The van der Waals surface area contributed by atoms with Crippen molar-refractivity contribution < 1.29 is 4.74 Å². The Balaban J connectivity index is 2.71. The number of hydrogen-bond acceptors (Lipinski definition) is 2. The van der Waals surface area contributed by atoms with Gasteiger partial charge in [-0.3, -0.25) is 4.99 Å². The molecule has 0 radical (unpaired) electrons. The van der Waals surface area contributed by atoms with Crippen LogP contribution in [0.15, 0.2) is 16.6 Å². The van der Waals surface area contributed by atoms with E-state index in [1.807, 2.05) is 13.0 Å². The van der Waals surface area contributed by atoms with Crippen LogP contribution in [0.5, 0.6) is 0 Å². The molecule has 0 aromatic heterocycles. The molecule has 0 bridgehead atoms. The first kappa shape index (κ1) is 9.30. The quantitative estimate of drug-likeness (QED) is 0.587. The van der Waals surface area contributed by atoms with Gasteiger partial charge < -0.3 is 4.74 Å². The fraction of sp³-hybridized carbons (Fsp3) is 0.700. The molecule has 68 valence electrons. The molecule has 1 heterocycles. The summed E-state index contributed by atoms with van der Waals surface area (Å²) in [4.78, 5) is 4.34. The lowest BCUT2D eigenvalue weighted by Gasteiger charge is -2.27. The molecule has 0 fully saturated rings. The van der Waals surface area contributed by atoms with Gasteiger partial charge in [-0.2, -0.15) is 0 Å². The van der Waals surface area contributed by atoms with Crippen molar-refractivity contribution >= 4 is 5.90 Å². The lowest BCUT2D eigenvalue weighted by Crippen LogP contribution is -2.23. The molecule has 12 heavy (non-hydrogen) atoms. The van der Waals surface area contributed by atoms with Crippen molar-refractivity contribution in [2.45, 2.75) is 27.7 Å². The molecule has 0 saturated heterocycles. The third-order valence-electron chi connectivity index (χ3n) is 2.33. The zero-order valence-corrected chi connectivity index (χ0v) is 8.35. The summed E-state index contributed by atoms with van der Waals surface area (Å²) in [6, 6.07) is 0. The maximum absolute atomic E-state index is 5.32. The Morgan fingerprint density at radius 2 is 2.25 bits per heavy atom. The highest BCUT2D eigenvalue weighted by Gasteiger charge is 2.23. The predicted octanol–water partition coefficient (Wildman–Crippen LogP) is 2.41. The molecular weight excluding hydrogens is 150 g/mol. The molecule has 2 nitrogen and oxygen atoms in total. The average molecular weight is 167 g/mol. The second kappa shape index (κ2) is 3.30. The van der Waals surface area contributed by atoms with Crippen molar-refractivity contribution in [2.75, 3.05) is 13.2 Å². The smallest absolute Gasteiger partial charge is 0.208 e. The van der Waals surface area contributed by atoms with Gasteiger partial charge in [0.2, 0.25) is 5.90 Å². The van der Waals surface area contributed by atoms with Gasteiger partial charge >= 0.3 is 0 Å². The Hall–Kier alpha value is -0.790. The third-order valence-corrected chi connectivity index (χ3v) is 2.33. The Morgan fingerprint density at radius 1 is 1.58 bits per heavy atom. The van der Waals surface area contributed by atoms with Crippen molar-refractivity contribution in [1.29, 1.82) is 0 Å². The number of aliphatic imine (C=N–C) groups is 1. The van der Waals surface area contributed by atoms with Gasteiger partial charge in [0, 0.05) is 5.41 Å². The predicted molar refractivity (Wildman–Crippen MR) is 51.5 cm³/mol. The van der Waals surface area contributed by atoms with Crippen molar-refractivity contribution in [3.05, 3.63) is 11.6 Å². The summed E-state index contributed by atoms with van der Waals surface area (Å²) in [6.45, 7) is 10.0. The number of nitrogens with zero attached hydrogens (tertiary/aromatic N) is 1. The summed E-state index contributed by atoms with van der Waals surface area (Å²) in [5.41, 5.74) is 1.56. The molecule has 0 aromatic carbocycles. The fourth-order valence-corrected chi connectivity index (χ4v) is 1.06. The lowest BCUT2D eigenvalue weighted by molar-refractivity contribution is 0.319. The normalized spacial score (nSPS) is 21.3. The second-order valence-electron chi connectivity index (χ2n) is 3.80. The number of ether oxygens (including phenoxy) is 1. The van der Waals surface area contributed by atoms with E-state index in [0.29, 0.717) is 6.61 Å². The second-order valence-corrected chi connectivity index (χ2v) is 3.80. The highest BCUT2D eigenvalue weighted by atomic mass is 16.5. The molecule has 0 aromatic rings. The van der Waals surface area contributed by atoms with E-state index in [1.165, 1.54) is 5.57 Å². The van der Waals surface area contributed by atoms with Crippen LogP contribution in [0.4, 0.5) is 0 Å². The lowest BCUT2D eigenvalue weighted by atomic mass is 9.84. The zero-order chi connectivity index (χ0) is 9.19. The van der Waals surface area contributed by atoms with E-state index in [1.54, 1.807) is 0 Å². The summed E-state index contributed by atoms with van der Waals surface area (Å²) < 4.78 is 5.32. The molecule has 0 aliphatic carbocycles. The van der Waals surface area contributed by atoms with Crippen molar-refractivity contribution in [1.82, 2.24) is 0 Å². The fourth-order valence-electron chi connectivity index (χ4n) is 1.06. The Labute approximate surface area is 74.3 Å². The first-order chi connectivity index (χ1) is 5.56. The molecule has 0 spiro atoms. The highest BCUT2D eigenvalue weighted by Crippen LogP contribution is 2.28. The van der Waals surface area contributed by atoms with E-state index in [-0.39, 0.29) is 5.41 Å². The summed E-state index contributed by atoms with van der Waals surface area (Å²) in [7, 11) is 0. The minimum atomic E-state index is 0.209. The molecule has 0 amide bonds. The van der Waals surface area contributed by atoms with Gasteiger partial charge in [0.25, 0.3) is 0 Å². The maximum Gasteiger partial charge on any atom is 0.208 e. The summed E-state index contributed by atoms with van der Waals surface area (Å²) >= 11 is 0. The van der Waals surface area contributed by atoms with Crippen LogP contribution >= 0.6 is 0 Å². The van der Waals surface area contributed by atoms with Crippen molar-refractivity contribution in [3.8, 4) is 0 Å². The Kier molecular flexibility index (Phi) is 2.55.